The van der Waals surface area contributed by atoms with Crippen LogP contribution in [0.3, 0.4) is 0 Å². The van der Waals surface area contributed by atoms with E-state index in [1.807, 2.05) is 0 Å². The highest BCUT2D eigenvalue weighted by Crippen LogP contribution is 2.37. The number of aromatic hydroxyl groups is 4. The molecule has 8 N–H and O–H groups in total. The molecule has 0 aliphatic rings. The summed E-state index contributed by atoms with van der Waals surface area (Å²) in [5.74, 6) is -8.18. The van der Waals surface area contributed by atoms with E-state index in [1.54, 1.807) is 0 Å². The Morgan fingerprint density at radius 1 is 0.457 bits per heavy atom. The van der Waals surface area contributed by atoms with E-state index in [4.69, 9.17) is 0 Å². The summed E-state index contributed by atoms with van der Waals surface area (Å²) >= 11 is 0. The fourth-order valence-corrected chi connectivity index (χ4v) is 4.01. The number of hydrogen-bond acceptors (Lipinski definition) is 12. The molecule has 232 valence electrons. The number of rotatable bonds is 10. The Kier molecular flexibility index (Phi) is 9.02. The number of carbonyl (C=O) groups is 4. The molecular weight excluding hydrogens is 608 g/mol. The second kappa shape index (κ2) is 13.0. The monoisotopic (exact) mass is 628 g/mol. The van der Waals surface area contributed by atoms with Gasteiger partial charge < -0.3 is 40.9 Å². The third-order valence-electron chi connectivity index (χ3n) is 6.12. The molecule has 0 amide bonds. The first-order valence-electron chi connectivity index (χ1n) is 12.6. The highest BCUT2D eigenvalue weighted by molar-refractivity contribution is 5.98. The number of phenolic OH excluding ortho intramolecular Hbond substituents is 4. The SMILES string of the molecule is O=C(O)c1cc(N=Nc2c(O)cc(O)cc2C(=O)O)ccc1/C=C/c1ccc(N=Nc2c(O)cc(O)cc2C(=O)O)cc1C(=O)O. The highest BCUT2D eigenvalue weighted by Gasteiger charge is 2.18. The van der Waals surface area contributed by atoms with Crippen LogP contribution < -0.4 is 0 Å². The van der Waals surface area contributed by atoms with Gasteiger partial charge in [-0.2, -0.15) is 10.2 Å². The average Bonchev–Trinajstić information content (AvgIpc) is 2.98. The minimum absolute atomic E-state index is 0.0370. The van der Waals surface area contributed by atoms with Crippen molar-refractivity contribution >= 4 is 58.8 Å². The van der Waals surface area contributed by atoms with Crippen molar-refractivity contribution in [3.63, 3.8) is 0 Å². The summed E-state index contributed by atoms with van der Waals surface area (Å²) in [6, 6.07) is 10.9. The molecule has 4 aromatic carbocycles. The van der Waals surface area contributed by atoms with Crippen molar-refractivity contribution in [2.45, 2.75) is 0 Å². The Morgan fingerprint density at radius 3 is 1.13 bits per heavy atom. The van der Waals surface area contributed by atoms with Crippen molar-refractivity contribution in [3.8, 4) is 23.0 Å². The van der Waals surface area contributed by atoms with Gasteiger partial charge in [-0.25, -0.2) is 19.2 Å². The summed E-state index contributed by atoms with van der Waals surface area (Å²) in [6.07, 6.45) is 2.63. The molecule has 0 saturated heterocycles. The van der Waals surface area contributed by atoms with E-state index in [0.29, 0.717) is 0 Å². The first kappa shape index (κ1) is 31.8. The predicted molar refractivity (Wildman–Crippen MR) is 158 cm³/mol. The molecular formula is C30H20N4O12. The van der Waals surface area contributed by atoms with Crippen molar-refractivity contribution in [3.05, 3.63) is 94.0 Å². The minimum atomic E-state index is -1.51. The van der Waals surface area contributed by atoms with Gasteiger partial charge in [-0.1, -0.05) is 24.3 Å². The standard InChI is InChI=1S/C30H20N4O12/c35-17-9-21(29(43)44)25(23(37)11-17)33-31-15-5-3-13(19(7-15)27(39)40)1-2-14-4-6-16(8-20(14)28(41)42)32-34-26-22(30(45)46)10-18(36)12-24(26)38/h1-12,35-38H,(H,39,40)(H,41,42)(H,43,44)(H,45,46)/b2-1+,33-31?,34-32?. The fourth-order valence-electron chi connectivity index (χ4n) is 4.01. The zero-order chi connectivity index (χ0) is 33.7. The molecule has 16 heteroatoms. The summed E-state index contributed by atoms with van der Waals surface area (Å²) in [4.78, 5) is 46.9. The molecule has 0 aliphatic heterocycles. The van der Waals surface area contributed by atoms with E-state index in [-0.39, 0.29) is 33.6 Å². The third kappa shape index (κ3) is 7.09. The number of carboxylic acids is 4. The van der Waals surface area contributed by atoms with Crippen molar-refractivity contribution < 1.29 is 60.0 Å². The Labute approximate surface area is 256 Å². The van der Waals surface area contributed by atoms with E-state index in [9.17, 15) is 60.0 Å². The quantitative estimate of drug-likeness (QED) is 0.0709. The van der Waals surface area contributed by atoms with Gasteiger partial charge in [-0.05, 0) is 47.5 Å². The molecule has 16 nitrogen and oxygen atoms in total. The highest BCUT2D eigenvalue weighted by atomic mass is 16.4. The lowest BCUT2D eigenvalue weighted by molar-refractivity contribution is 0.0685. The molecule has 0 unspecified atom stereocenters. The number of benzene rings is 4. The largest absolute Gasteiger partial charge is 0.508 e. The van der Waals surface area contributed by atoms with Crippen molar-refractivity contribution in [1.82, 2.24) is 0 Å². The average molecular weight is 629 g/mol. The zero-order valence-electron chi connectivity index (χ0n) is 22.9. The van der Waals surface area contributed by atoms with Crippen LogP contribution in [0.1, 0.15) is 52.6 Å². The Balaban J connectivity index is 1.65. The maximum atomic E-state index is 12.0. The number of nitrogens with zero attached hydrogens (tertiary/aromatic N) is 4. The van der Waals surface area contributed by atoms with Gasteiger partial charge in [0, 0.05) is 12.1 Å². The normalized spacial score (nSPS) is 11.4. The van der Waals surface area contributed by atoms with Crippen molar-refractivity contribution in [2.24, 2.45) is 20.5 Å². The molecule has 0 atom stereocenters. The molecule has 0 aromatic heterocycles. The Bertz CT molecular complexity index is 1870. The van der Waals surface area contributed by atoms with Crippen LogP contribution in [0.4, 0.5) is 22.7 Å². The second-order valence-electron chi connectivity index (χ2n) is 9.22. The topological polar surface area (TPSA) is 280 Å². The van der Waals surface area contributed by atoms with Crippen LogP contribution >= 0.6 is 0 Å². The number of aromatic carboxylic acids is 4. The van der Waals surface area contributed by atoms with Crippen molar-refractivity contribution in [2.75, 3.05) is 0 Å². The summed E-state index contributed by atoms with van der Waals surface area (Å²) < 4.78 is 0. The lowest BCUT2D eigenvalue weighted by atomic mass is 10.0. The van der Waals surface area contributed by atoms with Gasteiger partial charge in [-0.15, -0.1) is 10.2 Å². The van der Waals surface area contributed by atoms with Crippen molar-refractivity contribution in [1.29, 1.82) is 0 Å². The number of hydrogen-bond donors (Lipinski definition) is 8. The molecule has 0 radical (unpaired) electrons. The summed E-state index contributed by atoms with van der Waals surface area (Å²) in [6.45, 7) is 0. The van der Waals surface area contributed by atoms with E-state index < -0.39 is 69.4 Å². The van der Waals surface area contributed by atoms with Crippen LogP contribution in [-0.4, -0.2) is 64.7 Å². The molecule has 0 heterocycles. The maximum absolute atomic E-state index is 12.0. The minimum Gasteiger partial charge on any atom is -0.508 e. The lowest BCUT2D eigenvalue weighted by Gasteiger charge is -2.06. The maximum Gasteiger partial charge on any atom is 0.338 e. The van der Waals surface area contributed by atoms with Crippen LogP contribution in [0.2, 0.25) is 0 Å². The van der Waals surface area contributed by atoms with Gasteiger partial charge in [0.15, 0.2) is 0 Å². The van der Waals surface area contributed by atoms with Gasteiger partial charge >= 0.3 is 23.9 Å². The summed E-state index contributed by atoms with van der Waals surface area (Å²) in [7, 11) is 0. The van der Waals surface area contributed by atoms with Crippen LogP contribution in [0, 0.1) is 0 Å². The van der Waals surface area contributed by atoms with E-state index in [2.05, 4.69) is 20.5 Å². The predicted octanol–water partition coefficient (Wildman–Crippen LogP) is 6.30. The smallest absolute Gasteiger partial charge is 0.338 e. The van der Waals surface area contributed by atoms with Crippen LogP contribution in [0.25, 0.3) is 12.2 Å². The van der Waals surface area contributed by atoms with Gasteiger partial charge in [0.05, 0.1) is 33.6 Å². The molecule has 0 saturated carbocycles. The van der Waals surface area contributed by atoms with Gasteiger partial charge in [0.1, 0.15) is 34.4 Å². The Hall–Kier alpha value is -7.10. The molecule has 4 aromatic rings. The molecule has 0 bridgehead atoms. The van der Waals surface area contributed by atoms with E-state index in [0.717, 1.165) is 36.4 Å². The van der Waals surface area contributed by atoms with E-state index >= 15 is 0 Å². The summed E-state index contributed by atoms with van der Waals surface area (Å²) in [5.41, 5.74) is -2.46. The summed E-state index contributed by atoms with van der Waals surface area (Å²) in [5, 5.41) is 92.2. The van der Waals surface area contributed by atoms with Crippen LogP contribution in [-0.2, 0) is 0 Å². The van der Waals surface area contributed by atoms with Gasteiger partial charge in [-0.3, -0.25) is 0 Å². The fraction of sp³-hybridized carbons (Fsp3) is 0. The third-order valence-corrected chi connectivity index (χ3v) is 6.12. The first-order valence-corrected chi connectivity index (χ1v) is 12.6. The number of phenols is 4. The van der Waals surface area contributed by atoms with E-state index in [1.165, 1.54) is 36.4 Å². The molecule has 0 fully saturated rings. The molecule has 46 heavy (non-hydrogen) atoms. The van der Waals surface area contributed by atoms with Crippen LogP contribution in [0.5, 0.6) is 23.0 Å². The first-order chi connectivity index (χ1) is 21.7. The lowest BCUT2D eigenvalue weighted by Crippen LogP contribution is -2.00. The Morgan fingerprint density at radius 2 is 0.804 bits per heavy atom. The second-order valence-corrected chi connectivity index (χ2v) is 9.22. The van der Waals surface area contributed by atoms with Gasteiger partial charge in [0.2, 0.25) is 0 Å². The van der Waals surface area contributed by atoms with Crippen LogP contribution in [0.15, 0.2) is 81.1 Å². The molecule has 0 aliphatic carbocycles. The molecule has 4 rings (SSSR count). The number of azo groups is 2. The number of carboxylic acid groups (broad SMARTS) is 4. The molecule has 0 spiro atoms. The van der Waals surface area contributed by atoms with Gasteiger partial charge in [0.25, 0.3) is 0 Å². The zero-order valence-corrected chi connectivity index (χ0v) is 22.9.